The van der Waals surface area contributed by atoms with Crippen molar-refractivity contribution in [3.63, 3.8) is 0 Å². The maximum atomic E-state index is 13.3. The van der Waals surface area contributed by atoms with Crippen LogP contribution in [0.3, 0.4) is 0 Å². The number of ether oxygens (including phenoxy) is 1. The minimum Gasteiger partial charge on any atom is -0.462 e. The first-order chi connectivity index (χ1) is 12.5. The number of thiazole rings is 1. The number of furan rings is 1. The molecule has 0 saturated carbocycles. The highest BCUT2D eigenvalue weighted by Crippen LogP contribution is 2.37. The molecule has 0 aliphatic carbocycles. The molecule has 0 N–H and O–H groups in total. The van der Waals surface area contributed by atoms with Crippen molar-refractivity contribution in [1.82, 2.24) is 14.8 Å². The van der Waals surface area contributed by atoms with Crippen LogP contribution in [0.25, 0.3) is 10.8 Å². The first kappa shape index (κ1) is 17.2. The molecule has 0 bridgehead atoms. The summed E-state index contributed by atoms with van der Waals surface area (Å²) >= 11 is 1.42. The zero-order valence-corrected chi connectivity index (χ0v) is 15.8. The number of rotatable bonds is 3. The summed E-state index contributed by atoms with van der Waals surface area (Å²) in [7, 11) is 3.42. The standard InChI is InChI=1S/C18H21N3O4S/c1-10-15(19-16(26-10)13-5-4-7-24-13)18(23)21-11-6-8-25-14(11)9-12(21)17(22)20(2)3/h4-5,7,11-12,14H,6,8-9H2,1-3H3/t11-,12?,14-/m0/s1. The van der Waals surface area contributed by atoms with Crippen LogP contribution < -0.4 is 0 Å². The van der Waals surface area contributed by atoms with E-state index < -0.39 is 6.04 Å². The van der Waals surface area contributed by atoms with Gasteiger partial charge in [0.1, 0.15) is 11.7 Å². The summed E-state index contributed by atoms with van der Waals surface area (Å²) < 4.78 is 11.1. The van der Waals surface area contributed by atoms with Crippen LogP contribution in [-0.2, 0) is 9.53 Å². The highest BCUT2D eigenvalue weighted by Gasteiger charge is 2.50. The van der Waals surface area contributed by atoms with Gasteiger partial charge < -0.3 is 19.0 Å². The molecule has 2 fully saturated rings. The van der Waals surface area contributed by atoms with Gasteiger partial charge in [-0.3, -0.25) is 9.59 Å². The molecular formula is C18H21N3O4S. The number of likely N-dealkylation sites (N-methyl/N-ethyl adjacent to an activating group) is 1. The van der Waals surface area contributed by atoms with E-state index in [2.05, 4.69) is 4.98 Å². The predicted molar refractivity (Wildman–Crippen MR) is 96.0 cm³/mol. The molecule has 2 aromatic rings. The van der Waals surface area contributed by atoms with Crippen molar-refractivity contribution in [2.45, 2.75) is 38.0 Å². The van der Waals surface area contributed by atoms with E-state index in [-0.39, 0.29) is 24.0 Å². The fraction of sp³-hybridized carbons (Fsp3) is 0.500. The average molecular weight is 375 g/mol. The van der Waals surface area contributed by atoms with Crippen molar-refractivity contribution < 1.29 is 18.7 Å². The van der Waals surface area contributed by atoms with Crippen LogP contribution in [0.5, 0.6) is 0 Å². The average Bonchev–Trinajstić information content (AvgIpc) is 3.36. The third-order valence-corrected chi connectivity index (χ3v) is 6.00. The molecule has 8 heteroatoms. The second kappa shape index (κ2) is 6.51. The Labute approximate surface area is 155 Å². The summed E-state index contributed by atoms with van der Waals surface area (Å²) in [5.74, 6) is 0.367. The Morgan fingerprint density at radius 3 is 2.88 bits per heavy atom. The summed E-state index contributed by atoms with van der Waals surface area (Å²) in [5, 5.41) is 0.671. The Morgan fingerprint density at radius 2 is 2.19 bits per heavy atom. The molecular weight excluding hydrogens is 354 g/mol. The van der Waals surface area contributed by atoms with E-state index in [4.69, 9.17) is 9.15 Å². The highest BCUT2D eigenvalue weighted by molar-refractivity contribution is 7.15. The first-order valence-electron chi connectivity index (χ1n) is 8.64. The van der Waals surface area contributed by atoms with E-state index >= 15 is 0 Å². The summed E-state index contributed by atoms with van der Waals surface area (Å²) in [5.41, 5.74) is 0.394. The Bertz CT molecular complexity index is 830. The van der Waals surface area contributed by atoms with E-state index in [0.29, 0.717) is 29.5 Å². The second-order valence-corrected chi connectivity index (χ2v) is 8.07. The van der Waals surface area contributed by atoms with Gasteiger partial charge in [-0.2, -0.15) is 0 Å². The number of amides is 2. The fourth-order valence-electron chi connectivity index (χ4n) is 3.78. The van der Waals surface area contributed by atoms with Crippen LogP contribution in [0.2, 0.25) is 0 Å². The smallest absolute Gasteiger partial charge is 0.274 e. The van der Waals surface area contributed by atoms with Crippen molar-refractivity contribution in [3.05, 3.63) is 29.0 Å². The quantitative estimate of drug-likeness (QED) is 0.822. The lowest BCUT2D eigenvalue weighted by Gasteiger charge is -2.29. The normalized spacial score (nSPS) is 24.7. The van der Waals surface area contributed by atoms with Gasteiger partial charge in [0.15, 0.2) is 10.8 Å². The SMILES string of the molecule is Cc1sc(-c2ccco2)nc1C(=O)N1C(C(=O)N(C)C)C[C@@H]2OCC[C@@H]21. The minimum absolute atomic E-state index is 0.0652. The molecule has 2 aromatic heterocycles. The van der Waals surface area contributed by atoms with Crippen molar-refractivity contribution in [2.24, 2.45) is 0 Å². The number of hydrogen-bond donors (Lipinski definition) is 0. The number of carbonyl (C=O) groups is 2. The monoisotopic (exact) mass is 375 g/mol. The zero-order valence-electron chi connectivity index (χ0n) is 15.0. The number of hydrogen-bond acceptors (Lipinski definition) is 6. The van der Waals surface area contributed by atoms with Crippen LogP contribution >= 0.6 is 11.3 Å². The molecule has 3 atom stereocenters. The van der Waals surface area contributed by atoms with Gasteiger partial charge in [-0.1, -0.05) is 0 Å². The highest BCUT2D eigenvalue weighted by atomic mass is 32.1. The molecule has 1 unspecified atom stereocenters. The number of carbonyl (C=O) groups excluding carboxylic acids is 2. The van der Waals surface area contributed by atoms with Gasteiger partial charge in [-0.05, 0) is 25.5 Å². The topological polar surface area (TPSA) is 75.9 Å². The summed E-state index contributed by atoms with van der Waals surface area (Å²) in [6.45, 7) is 2.49. The molecule has 2 aliphatic heterocycles. The Kier molecular flexibility index (Phi) is 4.32. The molecule has 26 heavy (non-hydrogen) atoms. The fourth-order valence-corrected chi connectivity index (χ4v) is 4.65. The lowest BCUT2D eigenvalue weighted by Crippen LogP contribution is -2.49. The van der Waals surface area contributed by atoms with E-state index in [1.807, 2.05) is 13.0 Å². The van der Waals surface area contributed by atoms with Crippen molar-refractivity contribution >= 4 is 23.2 Å². The second-order valence-electron chi connectivity index (χ2n) is 6.86. The minimum atomic E-state index is -0.499. The number of likely N-dealkylation sites (tertiary alicyclic amines) is 1. The third-order valence-electron chi connectivity index (χ3n) is 5.01. The number of nitrogens with zero attached hydrogens (tertiary/aromatic N) is 3. The molecule has 0 aromatic carbocycles. The van der Waals surface area contributed by atoms with Crippen LogP contribution in [-0.4, -0.2) is 65.5 Å². The van der Waals surface area contributed by atoms with Gasteiger partial charge in [0.2, 0.25) is 5.91 Å². The molecule has 4 heterocycles. The lowest BCUT2D eigenvalue weighted by atomic mass is 10.1. The van der Waals surface area contributed by atoms with Crippen LogP contribution in [0, 0.1) is 6.92 Å². The van der Waals surface area contributed by atoms with Crippen molar-refractivity contribution in [2.75, 3.05) is 20.7 Å². The molecule has 0 radical (unpaired) electrons. The Balaban J connectivity index is 1.68. The summed E-state index contributed by atoms with van der Waals surface area (Å²) in [6, 6.07) is 3.05. The summed E-state index contributed by atoms with van der Waals surface area (Å²) in [6.07, 6.45) is 2.81. The predicted octanol–water partition coefficient (Wildman–Crippen LogP) is 2.17. The molecule has 2 saturated heterocycles. The molecule has 2 aliphatic rings. The molecule has 2 amide bonds. The largest absolute Gasteiger partial charge is 0.462 e. The van der Waals surface area contributed by atoms with Gasteiger partial charge >= 0.3 is 0 Å². The van der Waals surface area contributed by atoms with E-state index in [1.54, 1.807) is 31.3 Å². The molecule has 0 spiro atoms. The maximum absolute atomic E-state index is 13.3. The van der Waals surface area contributed by atoms with Crippen LogP contribution in [0.15, 0.2) is 22.8 Å². The maximum Gasteiger partial charge on any atom is 0.274 e. The van der Waals surface area contributed by atoms with Gasteiger partial charge in [0.25, 0.3) is 5.91 Å². The van der Waals surface area contributed by atoms with Gasteiger partial charge in [-0.15, -0.1) is 11.3 Å². The molecule has 138 valence electrons. The number of aryl methyl sites for hydroxylation is 1. The third kappa shape index (κ3) is 2.73. The van der Waals surface area contributed by atoms with E-state index in [0.717, 1.165) is 11.3 Å². The van der Waals surface area contributed by atoms with Crippen LogP contribution in [0.4, 0.5) is 0 Å². The first-order valence-corrected chi connectivity index (χ1v) is 9.45. The number of fused-ring (bicyclic) bond motifs is 1. The molecule has 7 nitrogen and oxygen atoms in total. The van der Waals surface area contributed by atoms with Crippen molar-refractivity contribution in [3.8, 4) is 10.8 Å². The van der Waals surface area contributed by atoms with E-state index in [1.165, 1.54) is 16.2 Å². The number of aromatic nitrogens is 1. The van der Waals surface area contributed by atoms with E-state index in [9.17, 15) is 9.59 Å². The van der Waals surface area contributed by atoms with Crippen molar-refractivity contribution in [1.29, 1.82) is 0 Å². The van der Waals surface area contributed by atoms with Gasteiger partial charge in [0, 0.05) is 32.0 Å². The van der Waals surface area contributed by atoms with Crippen LogP contribution in [0.1, 0.15) is 28.2 Å². The zero-order chi connectivity index (χ0) is 18.4. The molecule has 4 rings (SSSR count). The van der Waals surface area contributed by atoms with Gasteiger partial charge in [-0.25, -0.2) is 4.98 Å². The van der Waals surface area contributed by atoms with Gasteiger partial charge in [0.05, 0.1) is 18.4 Å². The Hall–Kier alpha value is -2.19. The lowest BCUT2D eigenvalue weighted by molar-refractivity contribution is -0.133. The Morgan fingerprint density at radius 1 is 1.38 bits per heavy atom. The summed E-state index contributed by atoms with van der Waals surface area (Å²) in [4.78, 5) is 34.6.